The Bertz CT molecular complexity index is 3320. The van der Waals surface area contributed by atoms with Gasteiger partial charge in [0.15, 0.2) is 0 Å². The van der Waals surface area contributed by atoms with E-state index in [0.29, 0.717) is 16.7 Å². The number of para-hydroxylation sites is 2. The quantitative estimate of drug-likeness (QED) is 0.149. The first-order valence-electron chi connectivity index (χ1n) is 22.1. The fourth-order valence-corrected chi connectivity index (χ4v) is 8.43. The van der Waals surface area contributed by atoms with Crippen molar-refractivity contribution in [1.82, 2.24) is 14.5 Å². The molecule has 10 aromatic rings. The molecule has 0 fully saturated rings. The third-order valence-corrected chi connectivity index (χ3v) is 12.0. The fourth-order valence-electron chi connectivity index (χ4n) is 8.43. The molecule has 0 N–H and O–H groups in total. The van der Waals surface area contributed by atoms with Gasteiger partial charge in [-0.1, -0.05) is 144 Å². The summed E-state index contributed by atoms with van der Waals surface area (Å²) in [6, 6.07) is 59.1. The van der Waals surface area contributed by atoms with Crippen molar-refractivity contribution in [3.05, 3.63) is 198 Å². The molecule has 5 nitrogen and oxygen atoms in total. The van der Waals surface area contributed by atoms with Gasteiger partial charge in [0, 0.05) is 43.2 Å². The van der Waals surface area contributed by atoms with Gasteiger partial charge in [-0.05, 0) is 98.3 Å². The summed E-state index contributed by atoms with van der Waals surface area (Å²) in [6.45, 7) is 15.5. The molecule has 0 atom stereocenters. The first-order valence-corrected chi connectivity index (χ1v) is 22.1. The normalized spacial score (nSPS) is 11.5. The van der Waals surface area contributed by atoms with E-state index >= 15 is 0 Å². The second kappa shape index (κ2) is 18.9. The number of imidazole rings is 1. The topological polar surface area (TPSA) is 67.6 Å². The fraction of sp³-hybridized carbons (Fsp3) is 0.169. The van der Waals surface area contributed by atoms with Gasteiger partial charge in [-0.2, -0.15) is 5.26 Å². The Morgan fingerprint density at radius 2 is 1.36 bits per heavy atom. The van der Waals surface area contributed by atoms with Gasteiger partial charge in [0.2, 0.25) is 0 Å². The van der Waals surface area contributed by atoms with Crippen LogP contribution in [0.15, 0.2) is 162 Å². The van der Waals surface area contributed by atoms with E-state index in [1.165, 1.54) is 51.1 Å². The van der Waals surface area contributed by atoms with Crippen molar-refractivity contribution >= 4 is 33.0 Å². The smallest absolute Gasteiger partial charge is 0.122 e. The van der Waals surface area contributed by atoms with E-state index < -0.39 is 0 Å². The average Bonchev–Trinajstić information content (AvgIpc) is 3.90. The van der Waals surface area contributed by atoms with E-state index in [2.05, 4.69) is 167 Å². The van der Waals surface area contributed by atoms with Crippen LogP contribution in [0.5, 0.6) is 0 Å². The van der Waals surface area contributed by atoms with Gasteiger partial charge in [-0.3, -0.25) is 9.37 Å². The number of pyridine rings is 1. The summed E-state index contributed by atoms with van der Waals surface area (Å²) in [5.41, 5.74) is 16.1. The molecule has 0 saturated heterocycles. The molecule has 0 aliphatic rings. The van der Waals surface area contributed by atoms with Crippen LogP contribution in [0.4, 0.5) is 4.39 Å². The van der Waals surface area contributed by atoms with Crippen LogP contribution in [-0.2, 0) is 25.5 Å². The van der Waals surface area contributed by atoms with E-state index in [4.69, 9.17) is 9.40 Å². The first-order chi connectivity index (χ1) is 31.4. The maximum atomic E-state index is 12.8. The maximum absolute atomic E-state index is 12.8. The van der Waals surface area contributed by atoms with Crippen molar-refractivity contribution < 1.29 is 28.9 Å². The molecule has 7 heteroatoms. The third-order valence-electron chi connectivity index (χ3n) is 12.0. The van der Waals surface area contributed by atoms with Crippen molar-refractivity contribution in [1.29, 1.82) is 5.26 Å². The summed E-state index contributed by atoms with van der Waals surface area (Å²) in [4.78, 5) is 9.64. The predicted octanol–water partition coefficient (Wildman–Crippen LogP) is 15.8. The predicted molar refractivity (Wildman–Crippen MR) is 264 cm³/mol. The SMILES string of the molecule is CC(C)(C)c1ccc(-c2[c-]cc(F)cc2)nc1.CC(C)c1cc(-c2ccc(-c3ccccc3)cc2)cc(C(C)C)c1-n1c(-c2[c-]ccc3c2oc2cc(C#N)ccc23)nc2ccccc21.[Ir]. The molecule has 10 rings (SSSR count). The van der Waals surface area contributed by atoms with Crippen LogP contribution in [0.3, 0.4) is 0 Å². The minimum Gasteiger partial charge on any atom is -0.500 e. The number of benzene rings is 7. The molecule has 0 amide bonds. The van der Waals surface area contributed by atoms with Crippen molar-refractivity contribution in [3.8, 4) is 56.7 Å². The second-order valence-electron chi connectivity index (χ2n) is 18.1. The number of hydrogen-bond acceptors (Lipinski definition) is 4. The summed E-state index contributed by atoms with van der Waals surface area (Å²) >= 11 is 0. The van der Waals surface area contributed by atoms with Crippen molar-refractivity contribution in [2.75, 3.05) is 0 Å². The molecular weight excluding hydrogens is 992 g/mol. The molecule has 0 bridgehead atoms. The number of aromatic nitrogens is 3. The van der Waals surface area contributed by atoms with E-state index in [1.807, 2.05) is 42.6 Å². The summed E-state index contributed by atoms with van der Waals surface area (Å²) in [5, 5.41) is 11.5. The summed E-state index contributed by atoms with van der Waals surface area (Å²) in [7, 11) is 0. The summed E-state index contributed by atoms with van der Waals surface area (Å²) in [6.07, 6.45) is 1.87. The van der Waals surface area contributed by atoms with E-state index in [0.717, 1.165) is 50.1 Å². The summed E-state index contributed by atoms with van der Waals surface area (Å²) < 4.78 is 21.6. The molecule has 1 radical (unpaired) electrons. The van der Waals surface area contributed by atoms with E-state index in [9.17, 15) is 9.65 Å². The van der Waals surface area contributed by atoms with Crippen LogP contribution >= 0.6 is 0 Å². The Morgan fingerprint density at radius 1 is 0.697 bits per heavy atom. The van der Waals surface area contributed by atoms with Gasteiger partial charge in [0.05, 0.1) is 34.1 Å². The molecule has 3 heterocycles. The van der Waals surface area contributed by atoms with Crippen LogP contribution in [0.25, 0.3) is 83.6 Å². The number of nitriles is 1. The van der Waals surface area contributed by atoms with Crippen LogP contribution in [0, 0.1) is 29.3 Å². The van der Waals surface area contributed by atoms with Crippen molar-refractivity contribution in [2.24, 2.45) is 0 Å². The Balaban J connectivity index is 0.000000278. The van der Waals surface area contributed by atoms with Crippen LogP contribution in [-0.4, -0.2) is 14.5 Å². The zero-order valence-electron chi connectivity index (χ0n) is 38.1. The average molecular weight is 1040 g/mol. The molecule has 0 aliphatic carbocycles. The molecule has 0 saturated carbocycles. The zero-order chi connectivity index (χ0) is 45.4. The number of nitrogens with zero attached hydrogens (tertiary/aromatic N) is 4. The van der Waals surface area contributed by atoms with Crippen LogP contribution in [0.2, 0.25) is 0 Å². The number of hydrogen-bond donors (Lipinski definition) is 0. The standard InChI is InChI=1S/C44H34N3O.C15H15FN.Ir/c1-27(2)37-24-33(32-20-18-31(19-21-32)30-11-6-5-7-12-30)25-38(28(3)4)42(37)47-40-16-9-8-15-39(40)46-44(47)36-14-10-13-35-34-22-17-29(26-45)23-41(34)48-43(35)36;1-15(2,3)12-6-9-14(17-10-12)11-4-7-13(16)8-5-11;/h5-13,15-25,27-28H,1-4H3;4,6-10H,1-3H3;/q2*-1;. The largest absolute Gasteiger partial charge is 0.500 e. The number of furan rings is 1. The number of halogens is 1. The van der Waals surface area contributed by atoms with Gasteiger partial charge in [-0.25, -0.2) is 0 Å². The van der Waals surface area contributed by atoms with Gasteiger partial charge in [0.1, 0.15) is 5.58 Å². The molecule has 0 spiro atoms. The van der Waals surface area contributed by atoms with E-state index in [-0.39, 0.29) is 43.2 Å². The maximum Gasteiger partial charge on any atom is 0.122 e. The van der Waals surface area contributed by atoms with Crippen molar-refractivity contribution in [3.63, 3.8) is 0 Å². The van der Waals surface area contributed by atoms with Gasteiger partial charge < -0.3 is 14.0 Å². The Labute approximate surface area is 400 Å². The summed E-state index contributed by atoms with van der Waals surface area (Å²) in [5.74, 6) is 0.987. The Hall–Kier alpha value is -6.97. The minimum absolute atomic E-state index is 0. The van der Waals surface area contributed by atoms with Gasteiger partial charge in [0.25, 0.3) is 0 Å². The molecular formula is C59H49FIrN4O-2. The molecule has 66 heavy (non-hydrogen) atoms. The van der Waals surface area contributed by atoms with E-state index in [1.54, 1.807) is 12.1 Å². The second-order valence-corrected chi connectivity index (χ2v) is 18.1. The van der Waals surface area contributed by atoms with Crippen molar-refractivity contribution in [2.45, 2.75) is 65.7 Å². The Kier molecular flexibility index (Phi) is 13.0. The number of fused-ring (bicyclic) bond motifs is 4. The zero-order valence-corrected chi connectivity index (χ0v) is 40.5. The molecule has 7 aromatic carbocycles. The monoisotopic (exact) mass is 1040 g/mol. The number of rotatable bonds is 7. The first kappa shape index (κ1) is 45.6. The Morgan fingerprint density at radius 3 is 1.98 bits per heavy atom. The minimum atomic E-state index is -0.278. The van der Waals surface area contributed by atoms with Crippen LogP contribution in [0.1, 0.15) is 82.6 Å². The van der Waals surface area contributed by atoms with Crippen LogP contribution < -0.4 is 0 Å². The van der Waals surface area contributed by atoms with Gasteiger partial charge in [-0.15, -0.1) is 48.0 Å². The molecule has 329 valence electrons. The van der Waals surface area contributed by atoms with Gasteiger partial charge >= 0.3 is 0 Å². The molecule has 3 aromatic heterocycles. The molecule has 0 unspecified atom stereocenters. The molecule has 0 aliphatic heterocycles. The third kappa shape index (κ3) is 9.00.